The average Bonchev–Trinajstić information content (AvgIpc) is 2.79. The summed E-state index contributed by atoms with van der Waals surface area (Å²) in [5.41, 5.74) is 0.0109. The van der Waals surface area contributed by atoms with E-state index in [1.165, 1.54) is 24.4 Å². The number of hydrogen-bond acceptors (Lipinski definition) is 5. The third kappa shape index (κ3) is 3.01. The smallest absolute Gasteiger partial charge is 0.205 e. The van der Waals surface area contributed by atoms with Crippen LogP contribution in [0.1, 0.15) is 52.3 Å². The number of aliphatic hydroxyl groups is 1. The molecule has 18 heavy (non-hydrogen) atoms. The van der Waals surface area contributed by atoms with Gasteiger partial charge in [-0.15, -0.1) is 0 Å². The molecule has 1 atom stereocenters. The Morgan fingerprint density at radius 1 is 1.39 bits per heavy atom. The fourth-order valence-corrected chi connectivity index (χ4v) is 3.29. The van der Waals surface area contributed by atoms with Crippen LogP contribution in [-0.4, -0.2) is 33.7 Å². The monoisotopic (exact) mass is 269 g/mol. The zero-order valence-electron chi connectivity index (χ0n) is 11.5. The van der Waals surface area contributed by atoms with E-state index in [1.54, 1.807) is 0 Å². The molecule has 0 radical (unpaired) electrons. The molecule has 102 valence electrons. The first-order valence-corrected chi connectivity index (χ1v) is 7.51. The predicted octanol–water partition coefficient (Wildman–Crippen LogP) is 2.58. The van der Waals surface area contributed by atoms with Crippen LogP contribution in [0.25, 0.3) is 0 Å². The van der Waals surface area contributed by atoms with Gasteiger partial charge in [0.15, 0.2) is 0 Å². The lowest BCUT2D eigenvalue weighted by molar-refractivity contribution is 0.262. The summed E-state index contributed by atoms with van der Waals surface area (Å²) in [6, 6.07) is 0.435. The Labute approximate surface area is 113 Å². The van der Waals surface area contributed by atoms with Crippen molar-refractivity contribution in [2.75, 3.05) is 18.1 Å². The van der Waals surface area contributed by atoms with Crippen LogP contribution in [0.15, 0.2) is 0 Å². The topological polar surface area (TPSA) is 49.2 Å². The van der Waals surface area contributed by atoms with Crippen LogP contribution in [0.2, 0.25) is 0 Å². The Morgan fingerprint density at radius 3 is 2.78 bits per heavy atom. The molecule has 4 nitrogen and oxygen atoms in total. The summed E-state index contributed by atoms with van der Waals surface area (Å²) in [7, 11) is 0. The van der Waals surface area contributed by atoms with Gasteiger partial charge in [0.2, 0.25) is 5.13 Å². The third-order valence-corrected chi connectivity index (χ3v) is 4.17. The number of hydrogen-bond donors (Lipinski definition) is 1. The summed E-state index contributed by atoms with van der Waals surface area (Å²) in [6.45, 7) is 7.72. The van der Waals surface area contributed by atoms with Crippen LogP contribution >= 0.6 is 11.5 Å². The molecule has 1 aromatic rings. The number of piperidine rings is 1. The van der Waals surface area contributed by atoms with Gasteiger partial charge >= 0.3 is 0 Å². The van der Waals surface area contributed by atoms with Crippen LogP contribution in [0.5, 0.6) is 0 Å². The molecule has 0 aromatic carbocycles. The normalized spacial score (nSPS) is 21.3. The van der Waals surface area contributed by atoms with Gasteiger partial charge in [-0.1, -0.05) is 20.8 Å². The molecule has 1 N–H and O–H groups in total. The van der Waals surface area contributed by atoms with E-state index in [2.05, 4.69) is 35.0 Å². The molecule has 0 saturated carbocycles. The van der Waals surface area contributed by atoms with Crippen molar-refractivity contribution in [3.63, 3.8) is 0 Å². The molecule has 0 aliphatic carbocycles. The number of rotatable bonds is 3. The van der Waals surface area contributed by atoms with Gasteiger partial charge < -0.3 is 10.0 Å². The van der Waals surface area contributed by atoms with Gasteiger partial charge in [0.1, 0.15) is 5.82 Å². The zero-order valence-corrected chi connectivity index (χ0v) is 12.3. The summed E-state index contributed by atoms with van der Waals surface area (Å²) >= 11 is 1.50. The molecule has 0 spiro atoms. The van der Waals surface area contributed by atoms with Gasteiger partial charge in [0.25, 0.3) is 0 Å². The van der Waals surface area contributed by atoms with E-state index in [0.717, 1.165) is 30.3 Å². The minimum Gasteiger partial charge on any atom is -0.396 e. The van der Waals surface area contributed by atoms with Crippen molar-refractivity contribution < 1.29 is 5.11 Å². The third-order valence-electron chi connectivity index (χ3n) is 3.42. The van der Waals surface area contributed by atoms with Crippen LogP contribution < -0.4 is 4.90 Å². The van der Waals surface area contributed by atoms with Crippen LogP contribution in [0.3, 0.4) is 0 Å². The van der Waals surface area contributed by atoms with Crippen molar-refractivity contribution in [1.29, 1.82) is 0 Å². The zero-order chi connectivity index (χ0) is 13.2. The van der Waals surface area contributed by atoms with Gasteiger partial charge in [0.05, 0.1) is 0 Å². The lowest BCUT2D eigenvalue weighted by Crippen LogP contribution is -2.40. The van der Waals surface area contributed by atoms with E-state index in [1.807, 2.05) is 0 Å². The Kier molecular flexibility index (Phi) is 4.22. The summed E-state index contributed by atoms with van der Waals surface area (Å²) in [4.78, 5) is 7.03. The lowest BCUT2D eigenvalue weighted by atomic mass is 9.96. The van der Waals surface area contributed by atoms with E-state index < -0.39 is 0 Å². The maximum Gasteiger partial charge on any atom is 0.205 e. The van der Waals surface area contributed by atoms with Gasteiger partial charge in [-0.25, -0.2) is 4.98 Å². The molecule has 2 heterocycles. The van der Waals surface area contributed by atoms with Crippen molar-refractivity contribution in [1.82, 2.24) is 9.36 Å². The molecular weight excluding hydrogens is 246 g/mol. The number of aromatic nitrogens is 2. The van der Waals surface area contributed by atoms with Crippen LogP contribution in [0.4, 0.5) is 5.13 Å². The highest BCUT2D eigenvalue weighted by atomic mass is 32.1. The number of nitrogens with zero attached hydrogens (tertiary/aromatic N) is 3. The first-order chi connectivity index (χ1) is 8.52. The molecular formula is C13H23N3OS. The SMILES string of the molecule is CC(C)(C)c1nsc(N2CCCCC2CCO)n1. The van der Waals surface area contributed by atoms with Crippen molar-refractivity contribution in [3.8, 4) is 0 Å². The van der Waals surface area contributed by atoms with Crippen molar-refractivity contribution in [2.45, 2.75) is 57.9 Å². The fraction of sp³-hybridized carbons (Fsp3) is 0.846. The van der Waals surface area contributed by atoms with E-state index in [4.69, 9.17) is 5.11 Å². The first kappa shape index (κ1) is 13.7. The second-order valence-corrected chi connectivity index (χ2v) is 6.74. The molecule has 0 bridgehead atoms. The minimum atomic E-state index is 0.0109. The van der Waals surface area contributed by atoms with Crippen LogP contribution in [0, 0.1) is 0 Å². The quantitative estimate of drug-likeness (QED) is 0.916. The molecule has 1 aliphatic heterocycles. The Morgan fingerprint density at radius 2 is 2.17 bits per heavy atom. The van der Waals surface area contributed by atoms with Crippen molar-refractivity contribution >= 4 is 16.7 Å². The predicted molar refractivity (Wildman–Crippen MR) is 75.3 cm³/mol. The first-order valence-electron chi connectivity index (χ1n) is 6.74. The summed E-state index contributed by atoms with van der Waals surface area (Å²) in [5.74, 6) is 0.927. The largest absolute Gasteiger partial charge is 0.396 e. The molecule has 1 aliphatic rings. The standard InChI is InChI=1S/C13H23N3OS/c1-13(2,3)11-14-12(18-15-11)16-8-5-4-6-10(16)7-9-17/h10,17H,4-9H2,1-3H3. The lowest BCUT2D eigenvalue weighted by Gasteiger charge is -2.35. The Hall–Kier alpha value is -0.680. The molecule has 1 aromatic heterocycles. The second kappa shape index (κ2) is 5.53. The van der Waals surface area contributed by atoms with E-state index in [9.17, 15) is 0 Å². The van der Waals surface area contributed by atoms with Gasteiger partial charge in [0, 0.05) is 36.1 Å². The molecule has 0 amide bonds. The average molecular weight is 269 g/mol. The number of anilines is 1. The Bertz CT molecular complexity index is 384. The molecule has 1 unspecified atom stereocenters. The summed E-state index contributed by atoms with van der Waals surface area (Å²) < 4.78 is 4.48. The molecule has 1 saturated heterocycles. The fourth-order valence-electron chi connectivity index (χ4n) is 2.34. The van der Waals surface area contributed by atoms with Gasteiger partial charge in [-0.05, 0) is 25.7 Å². The van der Waals surface area contributed by atoms with E-state index >= 15 is 0 Å². The maximum atomic E-state index is 9.16. The van der Waals surface area contributed by atoms with Crippen LogP contribution in [-0.2, 0) is 5.41 Å². The summed E-state index contributed by atoms with van der Waals surface area (Å²) in [6.07, 6.45) is 4.47. The van der Waals surface area contributed by atoms with Gasteiger partial charge in [-0.2, -0.15) is 4.37 Å². The molecule has 1 fully saturated rings. The van der Waals surface area contributed by atoms with E-state index in [-0.39, 0.29) is 12.0 Å². The maximum absolute atomic E-state index is 9.16. The Balaban J connectivity index is 2.15. The van der Waals surface area contributed by atoms with Crippen molar-refractivity contribution in [2.24, 2.45) is 0 Å². The number of aliphatic hydroxyl groups excluding tert-OH is 1. The highest BCUT2D eigenvalue weighted by Gasteiger charge is 2.27. The minimum absolute atomic E-state index is 0.0109. The van der Waals surface area contributed by atoms with Gasteiger partial charge in [-0.3, -0.25) is 0 Å². The molecule has 5 heteroatoms. The highest BCUT2D eigenvalue weighted by molar-refractivity contribution is 7.09. The molecule has 2 rings (SSSR count). The van der Waals surface area contributed by atoms with E-state index in [0.29, 0.717) is 6.04 Å². The highest BCUT2D eigenvalue weighted by Crippen LogP contribution is 2.30. The summed E-state index contributed by atoms with van der Waals surface area (Å²) in [5, 5.41) is 10.2. The van der Waals surface area contributed by atoms with Crippen molar-refractivity contribution in [3.05, 3.63) is 5.82 Å². The second-order valence-electron chi connectivity index (χ2n) is 6.01.